The Labute approximate surface area is 189 Å². The van der Waals surface area contributed by atoms with E-state index in [0.29, 0.717) is 6.61 Å². The summed E-state index contributed by atoms with van der Waals surface area (Å²) in [5.74, 6) is -0.0605. The van der Waals surface area contributed by atoms with E-state index in [1.165, 1.54) is 28.8 Å². The smallest absolute Gasteiger partial charge is 0.221 e. The van der Waals surface area contributed by atoms with Gasteiger partial charge in [-0.1, -0.05) is 54.6 Å². The molecule has 0 aliphatic heterocycles. The van der Waals surface area contributed by atoms with E-state index in [-0.39, 0.29) is 12.0 Å². The minimum Gasteiger partial charge on any atom is -0.376 e. The number of hydrogen-bond donors (Lipinski definition) is 1. The standard InChI is InChI=1S/C27H29N3O2/c1-21(31)29-25-12-9-22(10-13-25)15-18-32-26(19-30-17-16-28-20-30)14-11-24-7-4-6-23-5-2-3-8-27(23)24/h2-10,12-13,16-17,20,26H,11,14-15,18-19H2,1H3,(H,29,31). The molecule has 4 rings (SSSR count). The quantitative estimate of drug-likeness (QED) is 0.376. The molecule has 0 fully saturated rings. The lowest BCUT2D eigenvalue weighted by Gasteiger charge is -2.19. The van der Waals surface area contributed by atoms with Crippen LogP contribution in [0.25, 0.3) is 10.8 Å². The van der Waals surface area contributed by atoms with Crippen LogP contribution in [0.3, 0.4) is 0 Å². The molecule has 1 N–H and O–H groups in total. The number of anilines is 1. The van der Waals surface area contributed by atoms with E-state index < -0.39 is 0 Å². The summed E-state index contributed by atoms with van der Waals surface area (Å²) in [5.41, 5.74) is 3.36. The maximum Gasteiger partial charge on any atom is 0.221 e. The van der Waals surface area contributed by atoms with Crippen molar-refractivity contribution in [3.8, 4) is 0 Å². The third-order valence-corrected chi connectivity index (χ3v) is 5.61. The molecule has 0 aliphatic rings. The average Bonchev–Trinajstić information content (AvgIpc) is 3.31. The van der Waals surface area contributed by atoms with Gasteiger partial charge in [0.15, 0.2) is 0 Å². The van der Waals surface area contributed by atoms with E-state index in [0.717, 1.165) is 31.5 Å². The zero-order chi connectivity index (χ0) is 22.2. The van der Waals surface area contributed by atoms with Gasteiger partial charge in [-0.25, -0.2) is 4.98 Å². The lowest BCUT2D eigenvalue weighted by Crippen LogP contribution is -2.22. The molecule has 5 nitrogen and oxygen atoms in total. The summed E-state index contributed by atoms with van der Waals surface area (Å²) >= 11 is 0. The molecular weight excluding hydrogens is 398 g/mol. The van der Waals surface area contributed by atoms with E-state index in [4.69, 9.17) is 4.74 Å². The molecule has 1 atom stereocenters. The molecule has 0 saturated carbocycles. The molecule has 0 bridgehead atoms. The van der Waals surface area contributed by atoms with Crippen molar-refractivity contribution in [3.63, 3.8) is 0 Å². The first-order valence-corrected chi connectivity index (χ1v) is 11.1. The highest BCUT2D eigenvalue weighted by Crippen LogP contribution is 2.21. The highest BCUT2D eigenvalue weighted by Gasteiger charge is 2.12. The minimum atomic E-state index is -0.0605. The number of carbonyl (C=O) groups is 1. The summed E-state index contributed by atoms with van der Waals surface area (Å²) in [5, 5.41) is 5.39. The highest BCUT2D eigenvalue weighted by molar-refractivity contribution is 5.88. The zero-order valence-corrected chi connectivity index (χ0v) is 18.4. The van der Waals surface area contributed by atoms with Crippen molar-refractivity contribution in [1.82, 2.24) is 9.55 Å². The molecule has 164 valence electrons. The average molecular weight is 428 g/mol. The Kier molecular flexibility index (Phi) is 7.31. The number of hydrogen-bond acceptors (Lipinski definition) is 3. The Morgan fingerprint density at radius 1 is 1.03 bits per heavy atom. The Balaban J connectivity index is 1.36. The second-order valence-corrected chi connectivity index (χ2v) is 8.06. The molecular formula is C27H29N3O2. The number of benzene rings is 3. The molecule has 1 heterocycles. The lowest BCUT2D eigenvalue weighted by atomic mass is 9.99. The second kappa shape index (κ2) is 10.7. The number of amides is 1. The van der Waals surface area contributed by atoms with Crippen LogP contribution in [0.4, 0.5) is 5.69 Å². The van der Waals surface area contributed by atoms with Gasteiger partial charge in [0.05, 0.1) is 19.0 Å². The van der Waals surface area contributed by atoms with Crippen molar-refractivity contribution in [2.75, 3.05) is 11.9 Å². The van der Waals surface area contributed by atoms with Gasteiger partial charge in [0.1, 0.15) is 0 Å². The van der Waals surface area contributed by atoms with Gasteiger partial charge in [-0.3, -0.25) is 4.79 Å². The molecule has 3 aromatic carbocycles. The number of ether oxygens (including phenoxy) is 1. The van der Waals surface area contributed by atoms with Crippen LogP contribution >= 0.6 is 0 Å². The SMILES string of the molecule is CC(=O)Nc1ccc(CCOC(CCc2cccc3ccccc23)Cn2ccnc2)cc1. The molecule has 5 heteroatoms. The predicted molar refractivity (Wildman–Crippen MR) is 129 cm³/mol. The largest absolute Gasteiger partial charge is 0.376 e. The normalized spacial score (nSPS) is 12.0. The first kappa shape index (κ1) is 21.8. The molecule has 0 radical (unpaired) electrons. The third kappa shape index (κ3) is 6.05. The maximum atomic E-state index is 11.2. The van der Waals surface area contributed by atoms with Crippen LogP contribution in [-0.4, -0.2) is 28.2 Å². The Morgan fingerprint density at radius 2 is 1.84 bits per heavy atom. The van der Waals surface area contributed by atoms with E-state index in [1.807, 2.05) is 36.8 Å². The van der Waals surface area contributed by atoms with E-state index in [9.17, 15) is 4.79 Å². The topological polar surface area (TPSA) is 56.1 Å². The van der Waals surface area contributed by atoms with Crippen LogP contribution < -0.4 is 5.32 Å². The lowest BCUT2D eigenvalue weighted by molar-refractivity contribution is -0.114. The number of carbonyl (C=O) groups excluding carboxylic acids is 1. The Bertz CT molecular complexity index is 1130. The van der Waals surface area contributed by atoms with E-state index >= 15 is 0 Å². The molecule has 1 unspecified atom stereocenters. The summed E-state index contributed by atoms with van der Waals surface area (Å²) < 4.78 is 8.41. The Morgan fingerprint density at radius 3 is 2.62 bits per heavy atom. The number of imidazole rings is 1. The van der Waals surface area contributed by atoms with Crippen LogP contribution in [0.5, 0.6) is 0 Å². The predicted octanol–water partition coefficient (Wildman–Crippen LogP) is 5.26. The van der Waals surface area contributed by atoms with Crippen molar-refractivity contribution in [3.05, 3.63) is 96.6 Å². The van der Waals surface area contributed by atoms with Crippen LogP contribution in [0.2, 0.25) is 0 Å². The Hall–Kier alpha value is -3.44. The molecule has 4 aromatic rings. The number of nitrogens with one attached hydrogen (secondary N) is 1. The summed E-state index contributed by atoms with van der Waals surface area (Å²) in [6, 6.07) is 23.0. The number of aryl methyl sites for hydroxylation is 1. The third-order valence-electron chi connectivity index (χ3n) is 5.61. The zero-order valence-electron chi connectivity index (χ0n) is 18.4. The van der Waals surface area contributed by atoms with Crippen LogP contribution in [-0.2, 0) is 28.9 Å². The molecule has 32 heavy (non-hydrogen) atoms. The fourth-order valence-corrected chi connectivity index (χ4v) is 3.99. The van der Waals surface area contributed by atoms with Crippen molar-refractivity contribution >= 4 is 22.4 Å². The van der Waals surface area contributed by atoms with Crippen LogP contribution in [0, 0.1) is 0 Å². The number of fused-ring (bicyclic) bond motifs is 1. The summed E-state index contributed by atoms with van der Waals surface area (Å²) in [6.45, 7) is 2.95. The van der Waals surface area contributed by atoms with Gasteiger partial charge in [0, 0.05) is 31.5 Å². The second-order valence-electron chi connectivity index (χ2n) is 8.06. The number of nitrogens with zero attached hydrogens (tertiary/aromatic N) is 2. The molecule has 1 aromatic heterocycles. The van der Waals surface area contributed by atoms with Gasteiger partial charge >= 0.3 is 0 Å². The fourth-order valence-electron chi connectivity index (χ4n) is 3.99. The first-order valence-electron chi connectivity index (χ1n) is 11.1. The van der Waals surface area contributed by atoms with Crippen molar-refractivity contribution in [2.45, 2.75) is 38.8 Å². The van der Waals surface area contributed by atoms with Gasteiger partial charge in [-0.2, -0.15) is 0 Å². The minimum absolute atomic E-state index is 0.0605. The van der Waals surface area contributed by atoms with E-state index in [1.54, 1.807) is 6.20 Å². The monoisotopic (exact) mass is 427 g/mol. The molecule has 0 saturated heterocycles. The van der Waals surface area contributed by atoms with Crippen LogP contribution in [0.15, 0.2) is 85.5 Å². The van der Waals surface area contributed by atoms with Gasteiger partial charge in [-0.05, 0) is 53.3 Å². The molecule has 1 amide bonds. The first-order chi connectivity index (χ1) is 15.7. The fraction of sp³-hybridized carbons (Fsp3) is 0.259. The van der Waals surface area contributed by atoms with Gasteiger partial charge < -0.3 is 14.6 Å². The van der Waals surface area contributed by atoms with Crippen LogP contribution in [0.1, 0.15) is 24.5 Å². The molecule has 0 spiro atoms. The van der Waals surface area contributed by atoms with E-state index in [2.05, 4.69) is 57.3 Å². The summed E-state index contributed by atoms with van der Waals surface area (Å²) in [6.07, 6.45) is 8.46. The number of rotatable bonds is 10. The maximum absolute atomic E-state index is 11.2. The van der Waals surface area contributed by atoms with Gasteiger partial charge in [0.25, 0.3) is 0 Å². The summed E-state index contributed by atoms with van der Waals surface area (Å²) in [7, 11) is 0. The number of aromatic nitrogens is 2. The van der Waals surface area contributed by atoms with Crippen molar-refractivity contribution in [1.29, 1.82) is 0 Å². The van der Waals surface area contributed by atoms with Gasteiger partial charge in [0.2, 0.25) is 5.91 Å². The van der Waals surface area contributed by atoms with Gasteiger partial charge in [-0.15, -0.1) is 0 Å². The summed E-state index contributed by atoms with van der Waals surface area (Å²) in [4.78, 5) is 15.3. The van der Waals surface area contributed by atoms with Crippen molar-refractivity contribution < 1.29 is 9.53 Å². The highest BCUT2D eigenvalue weighted by atomic mass is 16.5. The molecule has 0 aliphatic carbocycles. The van der Waals surface area contributed by atoms with Crippen molar-refractivity contribution in [2.24, 2.45) is 0 Å².